The van der Waals surface area contributed by atoms with E-state index in [9.17, 15) is 4.79 Å². The number of amides is 2. The van der Waals surface area contributed by atoms with Crippen molar-refractivity contribution in [2.45, 2.75) is 19.8 Å². The van der Waals surface area contributed by atoms with Crippen LogP contribution in [0.4, 0.5) is 16.2 Å². The van der Waals surface area contributed by atoms with Gasteiger partial charge in [0.1, 0.15) is 6.61 Å². The van der Waals surface area contributed by atoms with Gasteiger partial charge in [-0.3, -0.25) is 0 Å². The summed E-state index contributed by atoms with van der Waals surface area (Å²) in [6.45, 7) is 5.26. The average molecular weight is 383 g/mol. The van der Waals surface area contributed by atoms with Gasteiger partial charge in [0.05, 0.1) is 13.7 Å². The fourth-order valence-electron chi connectivity index (χ4n) is 3.26. The van der Waals surface area contributed by atoms with E-state index in [4.69, 9.17) is 9.47 Å². The second kappa shape index (κ2) is 9.88. The van der Waals surface area contributed by atoms with Crippen LogP contribution in [0.5, 0.6) is 11.5 Å². The van der Waals surface area contributed by atoms with Crippen LogP contribution in [0, 0.1) is 5.92 Å². The SMILES string of the molecule is COc1ccccc1OCCNC(=O)Nc1ccc(N2CCC(C)CC2)cc1. The maximum atomic E-state index is 12.1. The largest absolute Gasteiger partial charge is 0.493 e. The Morgan fingerprint density at radius 1 is 1.07 bits per heavy atom. The first kappa shape index (κ1) is 19.9. The lowest BCUT2D eigenvalue weighted by molar-refractivity contribution is 0.246. The van der Waals surface area contributed by atoms with Crippen LogP contribution in [0.1, 0.15) is 19.8 Å². The number of nitrogens with one attached hydrogen (secondary N) is 2. The van der Waals surface area contributed by atoms with Gasteiger partial charge in [-0.05, 0) is 55.2 Å². The highest BCUT2D eigenvalue weighted by atomic mass is 16.5. The van der Waals surface area contributed by atoms with Crippen molar-refractivity contribution in [3.63, 3.8) is 0 Å². The Morgan fingerprint density at radius 2 is 1.75 bits per heavy atom. The summed E-state index contributed by atoms with van der Waals surface area (Å²) in [5, 5.41) is 5.65. The zero-order valence-electron chi connectivity index (χ0n) is 16.6. The molecule has 0 radical (unpaired) electrons. The second-order valence-corrected chi connectivity index (χ2v) is 7.10. The van der Waals surface area contributed by atoms with Crippen molar-refractivity contribution in [1.82, 2.24) is 5.32 Å². The Kier molecular flexibility index (Phi) is 7.00. The number of carbonyl (C=O) groups excluding carboxylic acids is 1. The smallest absolute Gasteiger partial charge is 0.319 e. The Hall–Kier alpha value is -2.89. The van der Waals surface area contributed by atoms with Gasteiger partial charge in [0.25, 0.3) is 0 Å². The Balaban J connectivity index is 1.40. The molecule has 2 aromatic rings. The summed E-state index contributed by atoms with van der Waals surface area (Å²) in [6.07, 6.45) is 2.47. The van der Waals surface area contributed by atoms with E-state index in [1.54, 1.807) is 7.11 Å². The first-order valence-corrected chi connectivity index (χ1v) is 9.81. The van der Waals surface area contributed by atoms with Crippen molar-refractivity contribution in [1.29, 1.82) is 0 Å². The number of para-hydroxylation sites is 2. The van der Waals surface area contributed by atoms with Crippen LogP contribution in [0.2, 0.25) is 0 Å². The number of hydrogen-bond donors (Lipinski definition) is 2. The molecular formula is C22H29N3O3. The molecule has 6 nitrogen and oxygen atoms in total. The number of rotatable bonds is 7. The number of carbonyl (C=O) groups is 1. The third-order valence-electron chi connectivity index (χ3n) is 4.99. The minimum atomic E-state index is -0.247. The van der Waals surface area contributed by atoms with E-state index < -0.39 is 0 Å². The molecule has 150 valence electrons. The van der Waals surface area contributed by atoms with Crippen LogP contribution >= 0.6 is 0 Å². The average Bonchev–Trinajstić information content (AvgIpc) is 2.73. The molecule has 28 heavy (non-hydrogen) atoms. The van der Waals surface area contributed by atoms with Gasteiger partial charge < -0.3 is 25.0 Å². The van der Waals surface area contributed by atoms with Crippen molar-refractivity contribution in [2.24, 2.45) is 5.92 Å². The summed E-state index contributed by atoms with van der Waals surface area (Å²) >= 11 is 0. The number of benzene rings is 2. The van der Waals surface area contributed by atoms with Crippen molar-refractivity contribution in [3.05, 3.63) is 48.5 Å². The molecule has 2 N–H and O–H groups in total. The number of piperidine rings is 1. The van der Waals surface area contributed by atoms with E-state index >= 15 is 0 Å². The summed E-state index contributed by atoms with van der Waals surface area (Å²) in [5.41, 5.74) is 1.99. The summed E-state index contributed by atoms with van der Waals surface area (Å²) in [7, 11) is 1.60. The highest BCUT2D eigenvalue weighted by molar-refractivity contribution is 5.89. The second-order valence-electron chi connectivity index (χ2n) is 7.10. The molecule has 1 aliphatic heterocycles. The van der Waals surface area contributed by atoms with Crippen LogP contribution in [-0.4, -0.2) is 39.4 Å². The Bertz CT molecular complexity index is 756. The fourth-order valence-corrected chi connectivity index (χ4v) is 3.26. The molecule has 0 spiro atoms. The molecule has 0 saturated carbocycles. The Labute approximate surface area is 166 Å². The minimum Gasteiger partial charge on any atom is -0.493 e. The van der Waals surface area contributed by atoms with Crippen LogP contribution in [0.3, 0.4) is 0 Å². The van der Waals surface area contributed by atoms with Gasteiger partial charge in [-0.15, -0.1) is 0 Å². The molecule has 2 aromatic carbocycles. The molecule has 1 heterocycles. The quantitative estimate of drug-likeness (QED) is 0.706. The van der Waals surface area contributed by atoms with Crippen molar-refractivity contribution in [2.75, 3.05) is 43.6 Å². The van der Waals surface area contributed by atoms with Gasteiger partial charge >= 0.3 is 6.03 Å². The third kappa shape index (κ3) is 5.55. The Morgan fingerprint density at radius 3 is 2.43 bits per heavy atom. The van der Waals surface area contributed by atoms with E-state index in [2.05, 4.69) is 34.6 Å². The van der Waals surface area contributed by atoms with Crippen molar-refractivity contribution in [3.8, 4) is 11.5 Å². The third-order valence-corrected chi connectivity index (χ3v) is 4.99. The van der Waals surface area contributed by atoms with Crippen LogP contribution in [0.15, 0.2) is 48.5 Å². The van der Waals surface area contributed by atoms with Crippen molar-refractivity contribution < 1.29 is 14.3 Å². The van der Waals surface area contributed by atoms with Crippen LogP contribution in [-0.2, 0) is 0 Å². The van der Waals surface area contributed by atoms with Gasteiger partial charge in [0.2, 0.25) is 0 Å². The molecule has 0 bridgehead atoms. The first-order valence-electron chi connectivity index (χ1n) is 9.81. The molecule has 1 saturated heterocycles. The molecule has 6 heteroatoms. The molecule has 0 aliphatic carbocycles. The molecule has 0 unspecified atom stereocenters. The number of anilines is 2. The van der Waals surface area contributed by atoms with Gasteiger partial charge in [-0.25, -0.2) is 4.79 Å². The molecule has 2 amide bonds. The highest BCUT2D eigenvalue weighted by Gasteiger charge is 2.15. The van der Waals surface area contributed by atoms with Gasteiger partial charge in [0.15, 0.2) is 11.5 Å². The molecule has 1 fully saturated rings. The molecular weight excluding hydrogens is 354 g/mol. The molecule has 3 rings (SSSR count). The lowest BCUT2D eigenvalue weighted by Gasteiger charge is -2.32. The van der Waals surface area contributed by atoms with Gasteiger partial charge in [-0.2, -0.15) is 0 Å². The van der Waals surface area contributed by atoms with E-state index in [1.807, 2.05) is 36.4 Å². The summed E-state index contributed by atoms with van der Waals surface area (Å²) < 4.78 is 10.9. The van der Waals surface area contributed by atoms with Crippen LogP contribution in [0.25, 0.3) is 0 Å². The lowest BCUT2D eigenvalue weighted by Crippen LogP contribution is -2.33. The molecule has 0 aromatic heterocycles. The predicted octanol–water partition coefficient (Wildman–Crippen LogP) is 4.13. The maximum absolute atomic E-state index is 12.1. The van der Waals surface area contributed by atoms with Crippen LogP contribution < -0.4 is 25.0 Å². The number of nitrogens with zero attached hydrogens (tertiary/aromatic N) is 1. The number of hydrogen-bond acceptors (Lipinski definition) is 4. The standard InChI is InChI=1S/C22H29N3O3/c1-17-11-14-25(15-12-17)19-9-7-18(8-10-19)24-22(26)23-13-16-28-21-6-4-3-5-20(21)27-2/h3-10,17H,11-16H2,1-2H3,(H2,23,24,26). The highest BCUT2D eigenvalue weighted by Crippen LogP contribution is 2.26. The zero-order valence-corrected chi connectivity index (χ0v) is 16.6. The summed E-state index contributed by atoms with van der Waals surface area (Å²) in [6, 6.07) is 15.2. The summed E-state index contributed by atoms with van der Waals surface area (Å²) in [5.74, 6) is 2.15. The minimum absolute atomic E-state index is 0.247. The number of urea groups is 1. The van der Waals surface area contributed by atoms with E-state index in [-0.39, 0.29) is 6.03 Å². The normalized spacial score (nSPS) is 14.4. The lowest BCUT2D eigenvalue weighted by atomic mass is 9.99. The predicted molar refractivity (Wildman–Crippen MR) is 113 cm³/mol. The maximum Gasteiger partial charge on any atom is 0.319 e. The summed E-state index contributed by atoms with van der Waals surface area (Å²) in [4.78, 5) is 14.5. The fraction of sp³-hybridized carbons (Fsp3) is 0.409. The monoisotopic (exact) mass is 383 g/mol. The van der Waals surface area contributed by atoms with E-state index in [1.165, 1.54) is 18.5 Å². The number of methoxy groups -OCH3 is 1. The van der Waals surface area contributed by atoms with Gasteiger partial charge in [0, 0.05) is 24.5 Å². The topological polar surface area (TPSA) is 62.8 Å². The molecule has 1 aliphatic rings. The van der Waals surface area contributed by atoms with Gasteiger partial charge in [-0.1, -0.05) is 19.1 Å². The number of ether oxygens (including phenoxy) is 2. The molecule has 0 atom stereocenters. The van der Waals surface area contributed by atoms with E-state index in [0.29, 0.717) is 24.7 Å². The zero-order chi connectivity index (χ0) is 19.8. The van der Waals surface area contributed by atoms with Crippen molar-refractivity contribution >= 4 is 17.4 Å². The first-order chi connectivity index (χ1) is 13.7. The van der Waals surface area contributed by atoms with E-state index in [0.717, 1.165) is 24.7 Å².